The standard InChI is InChI=1S/C15H17ClN2O/c1-3-13(17)14-6-5-11(9-18-14)19-15-7-4-10(2)8-12(15)16/h4-9,13H,3,17H2,1-2H3/t13-/m1/s1. The minimum atomic E-state index is -0.0305. The van der Waals surface area contributed by atoms with Crippen molar-refractivity contribution in [1.29, 1.82) is 0 Å². The number of ether oxygens (including phenoxy) is 1. The van der Waals surface area contributed by atoms with Crippen LogP contribution in [0.4, 0.5) is 0 Å². The summed E-state index contributed by atoms with van der Waals surface area (Å²) >= 11 is 6.12. The van der Waals surface area contributed by atoms with Crippen molar-refractivity contribution in [1.82, 2.24) is 4.98 Å². The molecular weight excluding hydrogens is 260 g/mol. The molecule has 0 spiro atoms. The van der Waals surface area contributed by atoms with Gasteiger partial charge in [0.05, 0.1) is 16.9 Å². The molecule has 2 rings (SSSR count). The maximum absolute atomic E-state index is 6.12. The maximum atomic E-state index is 6.12. The Morgan fingerprint density at radius 1 is 1.32 bits per heavy atom. The molecule has 0 unspecified atom stereocenters. The number of benzene rings is 1. The van der Waals surface area contributed by atoms with Crippen LogP contribution in [0.2, 0.25) is 5.02 Å². The van der Waals surface area contributed by atoms with Crippen molar-refractivity contribution < 1.29 is 4.74 Å². The van der Waals surface area contributed by atoms with E-state index in [1.54, 1.807) is 6.20 Å². The van der Waals surface area contributed by atoms with Crippen LogP contribution < -0.4 is 10.5 Å². The average Bonchev–Trinajstić information content (AvgIpc) is 2.42. The van der Waals surface area contributed by atoms with Gasteiger partial charge >= 0.3 is 0 Å². The summed E-state index contributed by atoms with van der Waals surface area (Å²) in [4.78, 5) is 4.30. The number of pyridine rings is 1. The van der Waals surface area contributed by atoms with Crippen LogP contribution in [0.3, 0.4) is 0 Å². The van der Waals surface area contributed by atoms with Crippen LogP contribution in [0.25, 0.3) is 0 Å². The fourth-order valence-corrected chi connectivity index (χ4v) is 1.97. The number of hydrogen-bond acceptors (Lipinski definition) is 3. The van der Waals surface area contributed by atoms with Crippen molar-refractivity contribution >= 4 is 11.6 Å². The Morgan fingerprint density at radius 3 is 2.68 bits per heavy atom. The molecule has 1 atom stereocenters. The topological polar surface area (TPSA) is 48.1 Å². The van der Waals surface area contributed by atoms with Gasteiger partial charge in [0.2, 0.25) is 0 Å². The van der Waals surface area contributed by atoms with Crippen molar-refractivity contribution in [3.63, 3.8) is 0 Å². The average molecular weight is 277 g/mol. The second-order valence-corrected chi connectivity index (χ2v) is 4.88. The molecule has 0 fully saturated rings. The van der Waals surface area contributed by atoms with Gasteiger partial charge < -0.3 is 10.5 Å². The highest BCUT2D eigenvalue weighted by atomic mass is 35.5. The van der Waals surface area contributed by atoms with Crippen molar-refractivity contribution in [2.45, 2.75) is 26.3 Å². The molecule has 0 saturated heterocycles. The molecule has 0 aliphatic rings. The summed E-state index contributed by atoms with van der Waals surface area (Å²) in [6.07, 6.45) is 2.53. The third-order valence-corrected chi connectivity index (χ3v) is 3.19. The molecule has 0 bridgehead atoms. The lowest BCUT2D eigenvalue weighted by molar-refractivity contribution is 0.479. The molecule has 4 heteroatoms. The SMILES string of the molecule is CC[C@@H](N)c1ccc(Oc2ccc(C)cc2Cl)cn1. The highest BCUT2D eigenvalue weighted by molar-refractivity contribution is 6.32. The van der Waals surface area contributed by atoms with Crippen molar-refractivity contribution in [2.75, 3.05) is 0 Å². The molecule has 2 N–H and O–H groups in total. The zero-order chi connectivity index (χ0) is 13.8. The molecular formula is C15H17ClN2O. The van der Waals surface area contributed by atoms with E-state index < -0.39 is 0 Å². The van der Waals surface area contributed by atoms with Gasteiger partial charge in [0.1, 0.15) is 11.5 Å². The number of hydrogen-bond donors (Lipinski definition) is 1. The normalized spacial score (nSPS) is 12.2. The molecule has 1 aromatic heterocycles. The monoisotopic (exact) mass is 276 g/mol. The second kappa shape index (κ2) is 6.04. The molecule has 1 heterocycles. The van der Waals surface area contributed by atoms with E-state index in [4.69, 9.17) is 22.1 Å². The van der Waals surface area contributed by atoms with Crippen molar-refractivity contribution in [2.24, 2.45) is 5.73 Å². The molecule has 0 aliphatic carbocycles. The Hall–Kier alpha value is -1.58. The summed E-state index contributed by atoms with van der Waals surface area (Å²) in [5.41, 5.74) is 7.88. The lowest BCUT2D eigenvalue weighted by Crippen LogP contribution is -2.10. The van der Waals surface area contributed by atoms with Crippen LogP contribution in [0.1, 0.15) is 30.6 Å². The van der Waals surface area contributed by atoms with E-state index in [-0.39, 0.29) is 6.04 Å². The van der Waals surface area contributed by atoms with E-state index in [1.807, 2.05) is 44.2 Å². The number of aromatic nitrogens is 1. The first-order valence-corrected chi connectivity index (χ1v) is 6.63. The van der Waals surface area contributed by atoms with E-state index in [0.717, 1.165) is 17.7 Å². The first-order valence-electron chi connectivity index (χ1n) is 6.25. The first kappa shape index (κ1) is 13.8. The first-order chi connectivity index (χ1) is 9.10. The van der Waals surface area contributed by atoms with Crippen molar-refractivity contribution in [3.8, 4) is 11.5 Å². The Bertz CT molecular complexity index is 555. The van der Waals surface area contributed by atoms with Crippen LogP contribution in [-0.4, -0.2) is 4.98 Å². The van der Waals surface area contributed by atoms with Crippen LogP contribution in [0.15, 0.2) is 36.5 Å². The van der Waals surface area contributed by atoms with E-state index in [0.29, 0.717) is 16.5 Å². The third-order valence-electron chi connectivity index (χ3n) is 2.89. The van der Waals surface area contributed by atoms with Crippen LogP contribution in [-0.2, 0) is 0 Å². The van der Waals surface area contributed by atoms with Gasteiger partial charge in [-0.3, -0.25) is 4.98 Å². The summed E-state index contributed by atoms with van der Waals surface area (Å²) in [7, 11) is 0. The lowest BCUT2D eigenvalue weighted by Gasteiger charge is -2.10. The Balaban J connectivity index is 2.15. The number of halogens is 1. The third kappa shape index (κ3) is 3.46. The quantitative estimate of drug-likeness (QED) is 0.908. The zero-order valence-corrected chi connectivity index (χ0v) is 11.8. The van der Waals surface area contributed by atoms with E-state index in [9.17, 15) is 0 Å². The minimum Gasteiger partial charge on any atom is -0.454 e. The number of nitrogens with zero attached hydrogens (tertiary/aromatic N) is 1. The van der Waals surface area contributed by atoms with Crippen LogP contribution in [0, 0.1) is 6.92 Å². The Labute approximate surface area is 118 Å². The second-order valence-electron chi connectivity index (χ2n) is 4.47. The summed E-state index contributed by atoms with van der Waals surface area (Å²) in [5, 5.41) is 0.592. The summed E-state index contributed by atoms with van der Waals surface area (Å²) < 4.78 is 5.70. The summed E-state index contributed by atoms with van der Waals surface area (Å²) in [6.45, 7) is 4.01. The Kier molecular flexibility index (Phi) is 4.40. The van der Waals surface area contributed by atoms with Gasteiger partial charge in [-0.05, 0) is 43.2 Å². The van der Waals surface area contributed by atoms with Gasteiger partial charge in [-0.2, -0.15) is 0 Å². The van der Waals surface area contributed by atoms with E-state index in [1.165, 1.54) is 0 Å². The highest BCUT2D eigenvalue weighted by Crippen LogP contribution is 2.29. The van der Waals surface area contributed by atoms with Crippen LogP contribution >= 0.6 is 11.6 Å². The van der Waals surface area contributed by atoms with Gasteiger partial charge in [0.25, 0.3) is 0 Å². The van der Waals surface area contributed by atoms with Gasteiger partial charge in [0, 0.05) is 6.04 Å². The van der Waals surface area contributed by atoms with E-state index >= 15 is 0 Å². The smallest absolute Gasteiger partial charge is 0.146 e. The van der Waals surface area contributed by atoms with Gasteiger partial charge in [-0.15, -0.1) is 0 Å². The predicted molar refractivity (Wildman–Crippen MR) is 77.7 cm³/mol. The van der Waals surface area contributed by atoms with Gasteiger partial charge in [0.15, 0.2) is 0 Å². The Morgan fingerprint density at radius 2 is 2.11 bits per heavy atom. The molecule has 0 amide bonds. The van der Waals surface area contributed by atoms with Gasteiger partial charge in [-0.25, -0.2) is 0 Å². The van der Waals surface area contributed by atoms with E-state index in [2.05, 4.69) is 4.98 Å². The fourth-order valence-electron chi connectivity index (χ4n) is 1.70. The molecule has 0 aliphatic heterocycles. The highest BCUT2D eigenvalue weighted by Gasteiger charge is 2.07. The molecule has 0 radical (unpaired) electrons. The molecule has 0 saturated carbocycles. The van der Waals surface area contributed by atoms with Crippen molar-refractivity contribution in [3.05, 3.63) is 52.8 Å². The predicted octanol–water partition coefficient (Wildman–Crippen LogP) is 4.25. The fraction of sp³-hybridized carbons (Fsp3) is 0.267. The molecule has 2 aromatic rings. The zero-order valence-electron chi connectivity index (χ0n) is 11.1. The molecule has 19 heavy (non-hydrogen) atoms. The minimum absolute atomic E-state index is 0.0305. The largest absolute Gasteiger partial charge is 0.454 e. The summed E-state index contributed by atoms with van der Waals surface area (Å²) in [6, 6.07) is 9.38. The number of rotatable bonds is 4. The number of aryl methyl sites for hydroxylation is 1. The molecule has 1 aromatic carbocycles. The van der Waals surface area contributed by atoms with Gasteiger partial charge in [-0.1, -0.05) is 24.6 Å². The summed E-state index contributed by atoms with van der Waals surface area (Å²) in [5.74, 6) is 1.28. The molecule has 100 valence electrons. The lowest BCUT2D eigenvalue weighted by atomic mass is 10.1. The number of nitrogens with two attached hydrogens (primary N) is 1. The maximum Gasteiger partial charge on any atom is 0.146 e. The molecule has 3 nitrogen and oxygen atoms in total. The van der Waals surface area contributed by atoms with Crippen LogP contribution in [0.5, 0.6) is 11.5 Å².